The summed E-state index contributed by atoms with van der Waals surface area (Å²) in [5, 5.41) is 17.5. The van der Waals surface area contributed by atoms with Crippen LogP contribution in [0.4, 0.5) is 5.82 Å². The lowest BCUT2D eigenvalue weighted by molar-refractivity contribution is 0.0930. The zero-order valence-corrected chi connectivity index (χ0v) is 15.9. The molecular weight excluding hydrogens is 364 g/mol. The van der Waals surface area contributed by atoms with Gasteiger partial charge >= 0.3 is 0 Å². The minimum Gasteiger partial charge on any atom is -0.376 e. The van der Waals surface area contributed by atoms with Gasteiger partial charge in [-0.3, -0.25) is 4.90 Å². The van der Waals surface area contributed by atoms with Crippen LogP contribution in [0.25, 0.3) is 0 Å². The Morgan fingerprint density at radius 2 is 2.04 bits per heavy atom. The van der Waals surface area contributed by atoms with Gasteiger partial charge in [-0.05, 0) is 47.6 Å². The zero-order chi connectivity index (χ0) is 18.6. The molecule has 4 heterocycles. The maximum absolute atomic E-state index is 9.04. The lowest BCUT2D eigenvalue weighted by Crippen LogP contribution is -2.47. The molecule has 10 heteroatoms. The normalized spacial score (nSPS) is 20.7. The van der Waals surface area contributed by atoms with Gasteiger partial charge in [0.1, 0.15) is 5.82 Å². The SMILES string of the molecule is N#Cc1ccnc(N2CCN(Cn3nnn(C[C@H]4CCCO4)c3=S)CC2)c1. The van der Waals surface area contributed by atoms with Crippen LogP contribution in [-0.2, 0) is 18.0 Å². The summed E-state index contributed by atoms with van der Waals surface area (Å²) in [6.45, 7) is 5.57. The summed E-state index contributed by atoms with van der Waals surface area (Å²) in [5.74, 6) is 0.854. The predicted molar refractivity (Wildman–Crippen MR) is 101 cm³/mol. The molecule has 2 aromatic rings. The Kier molecular flexibility index (Phi) is 5.42. The number of ether oxygens (including phenoxy) is 1. The summed E-state index contributed by atoms with van der Waals surface area (Å²) >= 11 is 5.52. The fourth-order valence-electron chi connectivity index (χ4n) is 3.46. The summed E-state index contributed by atoms with van der Waals surface area (Å²) in [7, 11) is 0. The maximum Gasteiger partial charge on any atom is 0.217 e. The highest BCUT2D eigenvalue weighted by atomic mass is 32.1. The van der Waals surface area contributed by atoms with Gasteiger partial charge in [-0.1, -0.05) is 0 Å². The molecule has 0 spiro atoms. The van der Waals surface area contributed by atoms with E-state index in [1.807, 2.05) is 6.07 Å². The second-order valence-corrected chi connectivity index (χ2v) is 7.20. The van der Waals surface area contributed by atoms with E-state index in [9.17, 15) is 0 Å². The Morgan fingerprint density at radius 1 is 1.22 bits per heavy atom. The van der Waals surface area contributed by atoms with Crippen LogP contribution >= 0.6 is 12.2 Å². The molecule has 4 rings (SSSR count). The molecule has 9 nitrogen and oxygen atoms in total. The van der Waals surface area contributed by atoms with Crippen molar-refractivity contribution in [2.24, 2.45) is 0 Å². The number of pyridine rings is 1. The van der Waals surface area contributed by atoms with Crippen molar-refractivity contribution in [1.29, 1.82) is 5.26 Å². The first kappa shape index (κ1) is 18.0. The Morgan fingerprint density at radius 3 is 2.78 bits per heavy atom. The Bertz CT molecular complexity index is 874. The maximum atomic E-state index is 9.04. The minimum absolute atomic E-state index is 0.196. The van der Waals surface area contributed by atoms with Crippen LogP contribution in [0.2, 0.25) is 0 Å². The molecule has 1 atom stereocenters. The van der Waals surface area contributed by atoms with E-state index >= 15 is 0 Å². The lowest BCUT2D eigenvalue weighted by Gasteiger charge is -2.35. The molecule has 142 valence electrons. The molecule has 2 fully saturated rings. The first-order valence-electron chi connectivity index (χ1n) is 9.18. The van der Waals surface area contributed by atoms with Crippen LogP contribution in [0.15, 0.2) is 18.3 Å². The first-order valence-corrected chi connectivity index (χ1v) is 9.59. The van der Waals surface area contributed by atoms with Gasteiger partial charge in [0.2, 0.25) is 4.77 Å². The van der Waals surface area contributed by atoms with Gasteiger partial charge in [0, 0.05) is 39.0 Å². The third-order valence-electron chi connectivity index (χ3n) is 5.00. The molecular formula is C17H22N8OS. The van der Waals surface area contributed by atoms with Crippen molar-refractivity contribution in [1.82, 2.24) is 29.7 Å². The van der Waals surface area contributed by atoms with Crippen LogP contribution in [-0.4, -0.2) is 68.6 Å². The van der Waals surface area contributed by atoms with Gasteiger partial charge < -0.3 is 9.64 Å². The molecule has 2 saturated heterocycles. The number of tetrazole rings is 1. The molecule has 0 unspecified atom stereocenters. The van der Waals surface area contributed by atoms with Crippen molar-refractivity contribution in [3.63, 3.8) is 0 Å². The summed E-state index contributed by atoms with van der Waals surface area (Å²) in [6, 6.07) is 5.72. The molecule has 0 N–H and O–H groups in total. The van der Waals surface area contributed by atoms with Crippen LogP contribution < -0.4 is 4.90 Å². The van der Waals surface area contributed by atoms with Crippen molar-refractivity contribution in [2.75, 3.05) is 37.7 Å². The number of rotatable bonds is 5. The van der Waals surface area contributed by atoms with E-state index in [1.165, 1.54) is 0 Å². The number of nitriles is 1. The molecule has 0 aliphatic carbocycles. The summed E-state index contributed by atoms with van der Waals surface area (Å²) in [5.41, 5.74) is 0.636. The molecule has 27 heavy (non-hydrogen) atoms. The van der Waals surface area contributed by atoms with Crippen molar-refractivity contribution < 1.29 is 4.74 Å². The Hall–Kier alpha value is -2.35. The molecule has 0 saturated carbocycles. The lowest BCUT2D eigenvalue weighted by atomic mass is 10.2. The van der Waals surface area contributed by atoms with Crippen LogP contribution in [0.3, 0.4) is 0 Å². The van der Waals surface area contributed by atoms with Crippen LogP contribution in [0.1, 0.15) is 18.4 Å². The highest BCUT2D eigenvalue weighted by Crippen LogP contribution is 2.16. The van der Waals surface area contributed by atoms with Crippen molar-refractivity contribution in [3.8, 4) is 6.07 Å². The summed E-state index contributed by atoms with van der Waals surface area (Å²) < 4.78 is 9.83. The van der Waals surface area contributed by atoms with Crippen molar-refractivity contribution in [3.05, 3.63) is 28.7 Å². The van der Waals surface area contributed by atoms with Gasteiger partial charge in [-0.2, -0.15) is 5.26 Å². The summed E-state index contributed by atoms with van der Waals surface area (Å²) in [4.78, 5) is 8.88. The second-order valence-electron chi connectivity index (χ2n) is 6.84. The van der Waals surface area contributed by atoms with Crippen molar-refractivity contribution in [2.45, 2.75) is 32.2 Å². The van der Waals surface area contributed by atoms with E-state index < -0.39 is 0 Å². The highest BCUT2D eigenvalue weighted by molar-refractivity contribution is 7.71. The fraction of sp³-hybridized carbons (Fsp3) is 0.588. The van der Waals surface area contributed by atoms with E-state index in [0.29, 0.717) is 23.5 Å². The average molecular weight is 386 g/mol. The molecule has 0 aromatic carbocycles. The number of anilines is 1. The molecule has 0 radical (unpaired) electrons. The number of piperazine rings is 1. The van der Waals surface area contributed by atoms with Gasteiger partial charge in [-0.15, -0.1) is 0 Å². The third kappa shape index (κ3) is 4.16. The number of aromatic nitrogens is 5. The second kappa shape index (κ2) is 8.12. The molecule has 0 bridgehead atoms. The minimum atomic E-state index is 0.196. The highest BCUT2D eigenvalue weighted by Gasteiger charge is 2.21. The molecule has 2 aromatic heterocycles. The van der Waals surface area contributed by atoms with E-state index in [2.05, 4.69) is 31.3 Å². The quantitative estimate of drug-likeness (QED) is 0.704. The first-order chi connectivity index (χ1) is 13.2. The zero-order valence-electron chi connectivity index (χ0n) is 15.1. The van der Waals surface area contributed by atoms with E-state index in [0.717, 1.165) is 51.4 Å². The molecule has 2 aliphatic heterocycles. The fourth-order valence-corrected chi connectivity index (χ4v) is 3.66. The van der Waals surface area contributed by atoms with Gasteiger partial charge in [0.15, 0.2) is 0 Å². The van der Waals surface area contributed by atoms with E-state index in [1.54, 1.807) is 21.6 Å². The summed E-state index contributed by atoms with van der Waals surface area (Å²) in [6.07, 6.45) is 4.04. The largest absolute Gasteiger partial charge is 0.376 e. The number of hydrogen-bond donors (Lipinski definition) is 0. The van der Waals surface area contributed by atoms with Gasteiger partial charge in [-0.25, -0.2) is 14.3 Å². The van der Waals surface area contributed by atoms with Crippen molar-refractivity contribution >= 4 is 18.0 Å². The van der Waals surface area contributed by atoms with Gasteiger partial charge in [0.25, 0.3) is 0 Å². The smallest absolute Gasteiger partial charge is 0.217 e. The Balaban J connectivity index is 1.33. The standard InChI is InChI=1S/C17H22N8OS/c18-11-14-3-4-19-16(10-14)23-7-5-22(6-8-23)13-25-17(27)24(20-21-25)12-15-2-1-9-26-15/h3-4,10,15H,1-2,5-9,12-13H2/t15-/m1/s1. The number of nitrogens with zero attached hydrogens (tertiary/aromatic N) is 8. The molecule has 0 amide bonds. The Labute approximate surface area is 162 Å². The number of hydrogen-bond acceptors (Lipinski definition) is 8. The van der Waals surface area contributed by atoms with E-state index in [-0.39, 0.29) is 6.10 Å². The average Bonchev–Trinajstić information content (AvgIpc) is 3.34. The van der Waals surface area contributed by atoms with E-state index in [4.69, 9.17) is 22.2 Å². The van der Waals surface area contributed by atoms with Crippen LogP contribution in [0, 0.1) is 16.1 Å². The molecule has 2 aliphatic rings. The van der Waals surface area contributed by atoms with Gasteiger partial charge in [0.05, 0.1) is 31.0 Å². The van der Waals surface area contributed by atoms with Crippen LogP contribution in [0.5, 0.6) is 0 Å². The monoisotopic (exact) mass is 386 g/mol. The third-order valence-corrected chi connectivity index (χ3v) is 5.42. The predicted octanol–water partition coefficient (Wildman–Crippen LogP) is 1.03. The topological polar surface area (TPSA) is 88.0 Å².